The maximum Gasteiger partial charge on any atom is 0.208 e. The molecule has 2 heterocycles. The summed E-state index contributed by atoms with van der Waals surface area (Å²) in [6.07, 6.45) is 9.63. The van der Waals surface area contributed by atoms with Gasteiger partial charge >= 0.3 is 0 Å². The SMILES string of the molecule is [B]C(O)(O)n1cc(-c2ccc(CC/C=C(/N=Cc3cccn3C)C(C)=O)cc2OC)cn1. The van der Waals surface area contributed by atoms with Gasteiger partial charge in [0, 0.05) is 37.5 Å². The first kappa shape index (κ1) is 23.2. The van der Waals surface area contributed by atoms with Gasteiger partial charge in [0.1, 0.15) is 11.4 Å². The predicted molar refractivity (Wildman–Crippen MR) is 122 cm³/mol. The smallest absolute Gasteiger partial charge is 0.208 e. The van der Waals surface area contributed by atoms with Crippen LogP contribution in [0.5, 0.6) is 5.75 Å². The van der Waals surface area contributed by atoms with Crippen LogP contribution in [0.25, 0.3) is 11.1 Å². The van der Waals surface area contributed by atoms with Crippen LogP contribution in [-0.4, -0.2) is 51.5 Å². The predicted octanol–water partition coefficient (Wildman–Crippen LogP) is 2.14. The molecule has 0 saturated carbocycles. The largest absolute Gasteiger partial charge is 0.496 e. The number of carbonyl (C=O) groups excluding carboxylic acids is 1. The normalized spacial score (nSPS) is 12.5. The van der Waals surface area contributed by atoms with E-state index in [-0.39, 0.29) is 5.78 Å². The number of nitrogens with zero attached hydrogens (tertiary/aromatic N) is 4. The highest BCUT2D eigenvalue weighted by atomic mass is 16.5. The number of ketones is 1. The number of rotatable bonds is 9. The van der Waals surface area contributed by atoms with E-state index in [1.54, 1.807) is 13.3 Å². The van der Waals surface area contributed by atoms with Gasteiger partial charge in [-0.1, -0.05) is 18.2 Å². The summed E-state index contributed by atoms with van der Waals surface area (Å²) in [5.74, 6) is -2.06. The highest BCUT2D eigenvalue weighted by molar-refractivity contribution is 6.11. The van der Waals surface area contributed by atoms with Crippen molar-refractivity contribution in [2.24, 2.45) is 12.0 Å². The minimum atomic E-state index is -2.57. The third kappa shape index (κ3) is 5.63. The fraction of sp³-hybridized carbons (Fsp3) is 0.261. The third-order valence-corrected chi connectivity index (χ3v) is 4.95. The summed E-state index contributed by atoms with van der Waals surface area (Å²) < 4.78 is 8.27. The molecule has 164 valence electrons. The summed E-state index contributed by atoms with van der Waals surface area (Å²) in [5.41, 5.74) is 3.70. The molecule has 2 aromatic heterocycles. The van der Waals surface area contributed by atoms with Crippen LogP contribution in [-0.2, 0) is 24.1 Å². The maximum absolute atomic E-state index is 11.9. The minimum absolute atomic E-state index is 0.0934. The van der Waals surface area contributed by atoms with Crippen molar-refractivity contribution < 1.29 is 19.7 Å². The van der Waals surface area contributed by atoms with Crippen LogP contribution in [0.2, 0.25) is 0 Å². The molecule has 1 aromatic carbocycles. The molecule has 3 aromatic rings. The summed E-state index contributed by atoms with van der Waals surface area (Å²) in [6.45, 7) is 1.50. The van der Waals surface area contributed by atoms with Crippen LogP contribution in [0, 0.1) is 0 Å². The van der Waals surface area contributed by atoms with Crippen molar-refractivity contribution >= 4 is 19.8 Å². The summed E-state index contributed by atoms with van der Waals surface area (Å²) in [4.78, 5) is 16.3. The number of hydrogen-bond donors (Lipinski definition) is 2. The third-order valence-electron chi connectivity index (χ3n) is 4.95. The topological polar surface area (TPSA) is 102 Å². The molecule has 0 fully saturated rings. The first-order valence-corrected chi connectivity index (χ1v) is 10.0. The fourth-order valence-corrected chi connectivity index (χ4v) is 3.18. The molecule has 0 unspecified atom stereocenters. The molecule has 0 aliphatic heterocycles. The van der Waals surface area contributed by atoms with Gasteiger partial charge in [0.15, 0.2) is 13.6 Å². The summed E-state index contributed by atoms with van der Waals surface area (Å²) in [6, 6.07) is 9.55. The molecule has 3 rings (SSSR count). The molecule has 0 amide bonds. The number of aliphatic imine (C=N–C) groups is 1. The first-order chi connectivity index (χ1) is 15.2. The van der Waals surface area contributed by atoms with Gasteiger partial charge in [0.25, 0.3) is 0 Å². The lowest BCUT2D eigenvalue weighted by Gasteiger charge is -2.16. The van der Waals surface area contributed by atoms with Crippen LogP contribution >= 0.6 is 0 Å². The molecule has 8 nitrogen and oxygen atoms in total. The molecule has 9 heteroatoms. The van der Waals surface area contributed by atoms with E-state index in [9.17, 15) is 15.0 Å². The number of hydrogen-bond acceptors (Lipinski definition) is 6. The van der Waals surface area contributed by atoms with Crippen molar-refractivity contribution in [3.05, 3.63) is 72.0 Å². The van der Waals surface area contributed by atoms with Crippen LogP contribution in [0.1, 0.15) is 24.6 Å². The van der Waals surface area contributed by atoms with Crippen molar-refractivity contribution in [1.82, 2.24) is 14.3 Å². The minimum Gasteiger partial charge on any atom is -0.496 e. The zero-order valence-corrected chi connectivity index (χ0v) is 18.3. The van der Waals surface area contributed by atoms with Gasteiger partial charge in [0.2, 0.25) is 5.81 Å². The monoisotopic (exact) mass is 432 g/mol. The Hall–Kier alpha value is -3.43. The number of Topliss-reactive ketones (excluding diaryl/α,β-unsaturated/α-hetero) is 1. The maximum atomic E-state index is 11.9. The lowest BCUT2D eigenvalue weighted by molar-refractivity contribution is -0.160. The molecule has 0 spiro atoms. The number of aliphatic hydroxyl groups is 2. The number of aryl methyl sites for hydroxylation is 2. The van der Waals surface area contributed by atoms with Crippen molar-refractivity contribution in [3.63, 3.8) is 0 Å². The van der Waals surface area contributed by atoms with Gasteiger partial charge in [0.05, 0.1) is 25.2 Å². The molecular formula is C23H25BN4O4. The Labute approximate surface area is 187 Å². The molecule has 0 bridgehead atoms. The van der Waals surface area contributed by atoms with Gasteiger partial charge in [-0.25, -0.2) is 4.68 Å². The summed E-state index contributed by atoms with van der Waals surface area (Å²) >= 11 is 0. The van der Waals surface area contributed by atoms with Crippen LogP contribution < -0.4 is 4.74 Å². The van der Waals surface area contributed by atoms with E-state index in [1.165, 1.54) is 19.3 Å². The molecule has 2 radical (unpaired) electrons. The zero-order chi connectivity index (χ0) is 23.3. The molecular weight excluding hydrogens is 407 g/mol. The molecule has 0 saturated heterocycles. The van der Waals surface area contributed by atoms with E-state index < -0.39 is 5.81 Å². The molecule has 2 N–H and O–H groups in total. The van der Waals surface area contributed by atoms with E-state index in [1.807, 2.05) is 54.2 Å². The quantitative estimate of drug-likeness (QED) is 0.234. The second kappa shape index (κ2) is 9.80. The summed E-state index contributed by atoms with van der Waals surface area (Å²) in [7, 11) is 8.72. The molecule has 0 aliphatic carbocycles. The first-order valence-electron chi connectivity index (χ1n) is 10.0. The second-order valence-electron chi connectivity index (χ2n) is 7.38. The number of carbonyl (C=O) groups is 1. The van der Waals surface area contributed by atoms with Crippen molar-refractivity contribution in [3.8, 4) is 16.9 Å². The van der Waals surface area contributed by atoms with E-state index in [2.05, 4.69) is 10.1 Å². The number of aromatic nitrogens is 3. The van der Waals surface area contributed by atoms with Crippen LogP contribution in [0.15, 0.2) is 65.7 Å². The fourth-order valence-electron chi connectivity index (χ4n) is 3.18. The van der Waals surface area contributed by atoms with Crippen molar-refractivity contribution in [2.45, 2.75) is 25.6 Å². The van der Waals surface area contributed by atoms with Crippen LogP contribution in [0.4, 0.5) is 0 Å². The molecule has 0 atom stereocenters. The lowest BCUT2D eigenvalue weighted by Crippen LogP contribution is -2.33. The second-order valence-corrected chi connectivity index (χ2v) is 7.38. The lowest BCUT2D eigenvalue weighted by atomic mass is 10.0. The molecule has 32 heavy (non-hydrogen) atoms. The highest BCUT2D eigenvalue weighted by Crippen LogP contribution is 2.31. The number of allylic oxidation sites excluding steroid dienone is 2. The van der Waals surface area contributed by atoms with E-state index >= 15 is 0 Å². The average Bonchev–Trinajstić information content (AvgIpc) is 3.39. The Kier molecular flexibility index (Phi) is 7.12. The summed E-state index contributed by atoms with van der Waals surface area (Å²) in [5, 5.41) is 22.8. The van der Waals surface area contributed by atoms with E-state index in [4.69, 9.17) is 12.6 Å². The van der Waals surface area contributed by atoms with Gasteiger partial charge < -0.3 is 19.5 Å². The van der Waals surface area contributed by atoms with Gasteiger partial charge in [-0.3, -0.25) is 9.79 Å². The van der Waals surface area contributed by atoms with E-state index in [0.717, 1.165) is 21.5 Å². The van der Waals surface area contributed by atoms with Gasteiger partial charge in [-0.2, -0.15) is 5.10 Å². The Morgan fingerprint density at radius 3 is 2.72 bits per heavy atom. The Morgan fingerprint density at radius 1 is 1.34 bits per heavy atom. The van der Waals surface area contributed by atoms with Crippen molar-refractivity contribution in [1.29, 1.82) is 0 Å². The highest BCUT2D eigenvalue weighted by Gasteiger charge is 2.19. The Balaban J connectivity index is 1.73. The van der Waals surface area contributed by atoms with Gasteiger partial charge in [-0.05, 0) is 36.6 Å². The average molecular weight is 432 g/mol. The van der Waals surface area contributed by atoms with Gasteiger partial charge in [-0.15, -0.1) is 0 Å². The zero-order valence-electron chi connectivity index (χ0n) is 18.3. The standard InChI is InChI=1S/C23H25BN4O4/c1-16(29)21(25-14-19-7-5-11-27(19)2)8-4-6-17-9-10-20(22(12-17)32-3)18-13-26-28(15-18)23(24,30)31/h5,7-15,30-31H,4,6H2,1-3H3/b21-8+,25-14?. The number of ether oxygens (including phenoxy) is 1. The van der Waals surface area contributed by atoms with E-state index in [0.29, 0.717) is 29.9 Å². The Morgan fingerprint density at radius 2 is 2.12 bits per heavy atom. The van der Waals surface area contributed by atoms with Crippen LogP contribution in [0.3, 0.4) is 0 Å². The molecule has 0 aliphatic rings. The van der Waals surface area contributed by atoms with Crippen molar-refractivity contribution in [2.75, 3.05) is 7.11 Å². The number of methoxy groups -OCH3 is 1. The number of benzene rings is 1. The Bertz CT molecular complexity index is 1150.